The number of anilines is 2. The third-order valence-corrected chi connectivity index (χ3v) is 11.0. The minimum Gasteiger partial charge on any atom is -0.480 e. The zero-order valence-corrected chi connectivity index (χ0v) is 27.7. The van der Waals surface area contributed by atoms with Crippen molar-refractivity contribution in [1.82, 2.24) is 25.2 Å². The molecule has 3 aliphatic heterocycles. The van der Waals surface area contributed by atoms with Crippen LogP contribution in [0, 0.1) is 23.6 Å². The Balaban J connectivity index is 1.40. The van der Waals surface area contributed by atoms with Gasteiger partial charge in [-0.25, -0.2) is 14.2 Å². The quantitative estimate of drug-likeness (QED) is 0.229. The van der Waals surface area contributed by atoms with Gasteiger partial charge in [0, 0.05) is 46.1 Å². The van der Waals surface area contributed by atoms with Crippen LogP contribution in [0.15, 0.2) is 6.07 Å². The molecule has 3 saturated heterocycles. The van der Waals surface area contributed by atoms with E-state index in [2.05, 4.69) is 27.2 Å². The lowest BCUT2D eigenvalue weighted by Gasteiger charge is -2.44. The highest BCUT2D eigenvalue weighted by Gasteiger charge is 2.48. The molecule has 4 aliphatic rings. The van der Waals surface area contributed by atoms with Crippen molar-refractivity contribution in [3.8, 4) is 23.1 Å². The van der Waals surface area contributed by atoms with Crippen LogP contribution in [-0.4, -0.2) is 90.7 Å². The number of benzene rings is 1. The van der Waals surface area contributed by atoms with Crippen LogP contribution in [0.4, 0.5) is 20.7 Å². The molecule has 250 valence electrons. The highest BCUT2D eigenvalue weighted by molar-refractivity contribution is 6.32. The Morgan fingerprint density at radius 2 is 2.02 bits per heavy atom. The Morgan fingerprint density at radius 3 is 2.77 bits per heavy atom. The predicted octanol–water partition coefficient (Wildman–Crippen LogP) is 5.10. The molecule has 1 saturated carbocycles. The normalized spacial score (nSPS) is 25.9. The van der Waals surface area contributed by atoms with Gasteiger partial charge in [0.1, 0.15) is 28.0 Å². The standard InChI is InChI=1S/C33H40ClFN8O4/c1-18-20(34)13-21(37)19(14-36)23(18)26-25(35)27-24(29(39-26)45-3)28(43-12-6-10-33(16-43)15-38-31(44)47-33)41-30(40-27)46-17-32-8-4-7-22(32)42(2)11-5-9-32/h13-14,22,36H,4-12,15-17,37H2,1-3H3,(H,38,44)/t22-,32-,33+/m1/s1. The van der Waals surface area contributed by atoms with Gasteiger partial charge in [-0.15, -0.1) is 0 Å². The molecule has 1 spiro atoms. The number of rotatable bonds is 7. The molecule has 12 nitrogen and oxygen atoms in total. The number of alkyl carbamates (subject to hydrolysis) is 1. The van der Waals surface area contributed by atoms with E-state index in [0.29, 0.717) is 61.5 Å². The topological polar surface area (TPSA) is 152 Å². The summed E-state index contributed by atoms with van der Waals surface area (Å²) in [5, 5.41) is 11.4. The second-order valence-corrected chi connectivity index (χ2v) is 13.8. The largest absolute Gasteiger partial charge is 0.480 e. The average Bonchev–Trinajstić information content (AvgIpc) is 3.66. The number of carbonyl (C=O) groups is 1. The Labute approximate surface area is 277 Å². The molecule has 4 N–H and O–H groups in total. The van der Waals surface area contributed by atoms with Crippen molar-refractivity contribution in [2.75, 3.05) is 57.6 Å². The summed E-state index contributed by atoms with van der Waals surface area (Å²) in [7, 11) is 3.63. The van der Waals surface area contributed by atoms with Gasteiger partial charge in [0.25, 0.3) is 0 Å². The molecule has 5 heterocycles. The number of piperidine rings is 2. The van der Waals surface area contributed by atoms with E-state index >= 15 is 4.39 Å². The van der Waals surface area contributed by atoms with Crippen molar-refractivity contribution < 1.29 is 23.4 Å². The number of amides is 1. The number of methoxy groups -OCH3 is 1. The van der Waals surface area contributed by atoms with Crippen molar-refractivity contribution in [3.63, 3.8) is 0 Å². The van der Waals surface area contributed by atoms with Crippen LogP contribution in [0.2, 0.25) is 5.02 Å². The molecule has 7 rings (SSSR count). The van der Waals surface area contributed by atoms with Crippen LogP contribution >= 0.6 is 11.6 Å². The minimum atomic E-state index is -0.746. The zero-order valence-electron chi connectivity index (χ0n) is 26.9. The van der Waals surface area contributed by atoms with Crippen LogP contribution < -0.4 is 25.4 Å². The van der Waals surface area contributed by atoms with Gasteiger partial charge in [-0.1, -0.05) is 18.0 Å². The number of nitrogens with two attached hydrogens (primary N) is 1. The molecule has 3 aromatic rings. The molecule has 2 aromatic heterocycles. The first-order valence-corrected chi connectivity index (χ1v) is 16.6. The SMILES string of the molecule is COc1nc(-c2c(C)c(Cl)cc(N)c2C=N)c(F)c2nc(OC[C@]34CCC[C@H]3N(C)CCC4)nc(N3CCC[C@]4(CNC(=O)O4)C3)c12. The maximum Gasteiger partial charge on any atom is 0.407 e. The number of nitrogen functional groups attached to an aromatic ring is 1. The van der Waals surface area contributed by atoms with Crippen LogP contribution in [-0.2, 0) is 4.74 Å². The minimum absolute atomic E-state index is 0.0295. The van der Waals surface area contributed by atoms with E-state index in [-0.39, 0.29) is 50.7 Å². The molecule has 47 heavy (non-hydrogen) atoms. The lowest BCUT2D eigenvalue weighted by molar-refractivity contribution is 0.0132. The van der Waals surface area contributed by atoms with E-state index in [9.17, 15) is 4.79 Å². The fourth-order valence-corrected chi connectivity index (χ4v) is 8.56. The molecular formula is C33H40ClFN8O4. The average molecular weight is 667 g/mol. The van der Waals surface area contributed by atoms with E-state index in [1.165, 1.54) is 7.11 Å². The number of aromatic nitrogens is 3. The van der Waals surface area contributed by atoms with Gasteiger partial charge in [0.05, 0.1) is 26.8 Å². The molecule has 0 bridgehead atoms. The lowest BCUT2D eigenvalue weighted by atomic mass is 9.76. The summed E-state index contributed by atoms with van der Waals surface area (Å²) in [4.78, 5) is 30.7. The summed E-state index contributed by atoms with van der Waals surface area (Å²) < 4.78 is 35.1. The third-order valence-electron chi connectivity index (χ3n) is 10.7. The molecular weight excluding hydrogens is 627 g/mol. The van der Waals surface area contributed by atoms with Crippen LogP contribution in [0.1, 0.15) is 56.1 Å². The number of nitrogens with one attached hydrogen (secondary N) is 2. The number of pyridine rings is 1. The Morgan fingerprint density at radius 1 is 1.23 bits per heavy atom. The summed E-state index contributed by atoms with van der Waals surface area (Å²) in [5.41, 5.74) is 6.62. The number of ether oxygens (including phenoxy) is 3. The smallest absolute Gasteiger partial charge is 0.407 e. The van der Waals surface area contributed by atoms with Crippen molar-refractivity contribution in [2.24, 2.45) is 5.41 Å². The summed E-state index contributed by atoms with van der Waals surface area (Å²) in [6.07, 6.45) is 7.43. The van der Waals surface area contributed by atoms with E-state index < -0.39 is 17.5 Å². The third kappa shape index (κ3) is 5.27. The van der Waals surface area contributed by atoms with E-state index in [4.69, 9.17) is 41.9 Å². The predicted molar refractivity (Wildman–Crippen MR) is 177 cm³/mol. The van der Waals surface area contributed by atoms with E-state index in [0.717, 1.165) is 44.9 Å². The first-order valence-electron chi connectivity index (χ1n) is 16.2. The first kappa shape index (κ1) is 31.6. The van der Waals surface area contributed by atoms with Gasteiger partial charge in [-0.3, -0.25) is 0 Å². The molecule has 3 atom stereocenters. The van der Waals surface area contributed by atoms with Crippen LogP contribution in [0.3, 0.4) is 0 Å². The monoisotopic (exact) mass is 666 g/mol. The van der Waals surface area contributed by atoms with Crippen LogP contribution in [0.5, 0.6) is 11.9 Å². The molecule has 0 radical (unpaired) electrons. The zero-order chi connectivity index (χ0) is 33.1. The van der Waals surface area contributed by atoms with Crippen molar-refractivity contribution in [2.45, 2.75) is 63.5 Å². The molecule has 4 fully saturated rings. The number of hydrogen-bond donors (Lipinski definition) is 3. The highest BCUT2D eigenvalue weighted by Crippen LogP contribution is 2.48. The molecule has 1 aliphatic carbocycles. The summed E-state index contributed by atoms with van der Waals surface area (Å²) in [5.74, 6) is -0.258. The highest BCUT2D eigenvalue weighted by atomic mass is 35.5. The number of halogens is 2. The Bertz CT molecular complexity index is 1780. The van der Waals surface area contributed by atoms with Gasteiger partial charge < -0.3 is 40.5 Å². The Hall–Kier alpha value is -3.97. The second-order valence-electron chi connectivity index (χ2n) is 13.4. The molecule has 1 aromatic carbocycles. The van der Waals surface area contributed by atoms with Gasteiger partial charge >= 0.3 is 12.1 Å². The molecule has 0 unspecified atom stereocenters. The van der Waals surface area contributed by atoms with E-state index in [1.807, 2.05) is 4.90 Å². The number of hydrogen-bond acceptors (Lipinski definition) is 11. The van der Waals surface area contributed by atoms with Gasteiger partial charge in [-0.05, 0) is 70.7 Å². The fraction of sp³-hybridized carbons (Fsp3) is 0.545. The van der Waals surface area contributed by atoms with Crippen molar-refractivity contribution >= 4 is 46.3 Å². The maximum atomic E-state index is 17.0. The van der Waals surface area contributed by atoms with Crippen molar-refractivity contribution in [1.29, 1.82) is 5.41 Å². The van der Waals surface area contributed by atoms with Gasteiger partial charge in [0.15, 0.2) is 5.82 Å². The second kappa shape index (κ2) is 11.9. The number of carbonyl (C=O) groups excluding carboxylic acids is 1. The van der Waals surface area contributed by atoms with Crippen molar-refractivity contribution in [3.05, 3.63) is 28.0 Å². The van der Waals surface area contributed by atoms with E-state index in [1.54, 1.807) is 13.0 Å². The van der Waals surface area contributed by atoms with Gasteiger partial charge in [-0.2, -0.15) is 9.97 Å². The maximum absolute atomic E-state index is 17.0. The van der Waals surface area contributed by atoms with Crippen LogP contribution in [0.25, 0.3) is 22.2 Å². The fourth-order valence-electron chi connectivity index (χ4n) is 8.35. The molecule has 14 heteroatoms. The Kier molecular flexibility index (Phi) is 8.02. The number of fused-ring (bicyclic) bond motifs is 2. The summed E-state index contributed by atoms with van der Waals surface area (Å²) in [6.45, 7) is 4.48. The summed E-state index contributed by atoms with van der Waals surface area (Å²) in [6, 6.07) is 2.00. The lowest BCUT2D eigenvalue weighted by Crippen LogP contribution is -2.51. The molecule has 1 amide bonds. The number of nitrogens with zero attached hydrogens (tertiary/aromatic N) is 5. The van der Waals surface area contributed by atoms with Gasteiger partial charge in [0.2, 0.25) is 5.88 Å². The summed E-state index contributed by atoms with van der Waals surface area (Å²) >= 11 is 6.50. The first-order chi connectivity index (χ1) is 22.6. The number of likely N-dealkylation sites (tertiary alicyclic amines) is 1.